The van der Waals surface area contributed by atoms with Crippen LogP contribution in [0.15, 0.2) is 22.6 Å². The summed E-state index contributed by atoms with van der Waals surface area (Å²) in [5.41, 5.74) is 1.52. The van der Waals surface area contributed by atoms with E-state index in [-0.39, 0.29) is 0 Å². The maximum Gasteiger partial charge on any atom is 0.195 e. The van der Waals surface area contributed by atoms with Crippen molar-refractivity contribution < 1.29 is 4.42 Å². The molecule has 1 heterocycles. The van der Waals surface area contributed by atoms with Crippen LogP contribution in [0.3, 0.4) is 0 Å². The molecule has 0 N–H and O–H groups in total. The van der Waals surface area contributed by atoms with E-state index in [1.54, 1.807) is 6.07 Å². The minimum atomic E-state index is 0.625. The van der Waals surface area contributed by atoms with E-state index in [2.05, 4.69) is 4.98 Å². The zero-order valence-corrected chi connectivity index (χ0v) is 7.43. The van der Waals surface area contributed by atoms with Crippen molar-refractivity contribution >= 4 is 22.7 Å². The van der Waals surface area contributed by atoms with Crippen molar-refractivity contribution in [2.45, 2.75) is 13.3 Å². The lowest BCUT2D eigenvalue weighted by Gasteiger charge is -1.87. The summed E-state index contributed by atoms with van der Waals surface area (Å²) in [7, 11) is 0. The van der Waals surface area contributed by atoms with Crippen molar-refractivity contribution in [2.24, 2.45) is 0 Å². The van der Waals surface area contributed by atoms with Gasteiger partial charge in [0.1, 0.15) is 5.52 Å². The second-order valence-corrected chi connectivity index (χ2v) is 2.96. The molecule has 0 saturated heterocycles. The first-order valence-electron chi connectivity index (χ1n) is 3.85. The van der Waals surface area contributed by atoms with Gasteiger partial charge in [-0.15, -0.1) is 0 Å². The van der Waals surface area contributed by atoms with Gasteiger partial charge in [0.2, 0.25) is 0 Å². The van der Waals surface area contributed by atoms with Crippen LogP contribution in [0.25, 0.3) is 11.1 Å². The van der Waals surface area contributed by atoms with Gasteiger partial charge < -0.3 is 4.42 Å². The lowest BCUT2D eigenvalue weighted by molar-refractivity contribution is 0.538. The van der Waals surface area contributed by atoms with Crippen LogP contribution >= 0.6 is 11.6 Å². The van der Waals surface area contributed by atoms with Gasteiger partial charge in [0.15, 0.2) is 11.5 Å². The van der Waals surface area contributed by atoms with Gasteiger partial charge >= 0.3 is 0 Å². The van der Waals surface area contributed by atoms with Crippen molar-refractivity contribution in [1.29, 1.82) is 0 Å². The van der Waals surface area contributed by atoms with Gasteiger partial charge in [-0.25, -0.2) is 4.98 Å². The summed E-state index contributed by atoms with van der Waals surface area (Å²) in [4.78, 5) is 4.24. The molecule has 0 aliphatic rings. The molecule has 62 valence electrons. The summed E-state index contributed by atoms with van der Waals surface area (Å²) >= 11 is 5.89. The SMILES string of the molecule is CCc1nc2cccc(Cl)c2o1. The molecule has 1 aromatic heterocycles. The Morgan fingerprint density at radius 1 is 1.50 bits per heavy atom. The Hall–Kier alpha value is -1.02. The fraction of sp³-hybridized carbons (Fsp3) is 0.222. The topological polar surface area (TPSA) is 26.0 Å². The number of benzene rings is 1. The second-order valence-electron chi connectivity index (χ2n) is 2.55. The molecule has 12 heavy (non-hydrogen) atoms. The fourth-order valence-electron chi connectivity index (χ4n) is 1.11. The predicted octanol–water partition coefficient (Wildman–Crippen LogP) is 3.04. The quantitative estimate of drug-likeness (QED) is 0.676. The van der Waals surface area contributed by atoms with Gasteiger partial charge in [-0.1, -0.05) is 24.6 Å². The minimum Gasteiger partial charge on any atom is -0.439 e. The molecule has 0 radical (unpaired) electrons. The molecule has 0 amide bonds. The van der Waals surface area contributed by atoms with E-state index in [4.69, 9.17) is 16.0 Å². The first-order valence-corrected chi connectivity index (χ1v) is 4.23. The molecular formula is C9H8ClNO. The van der Waals surface area contributed by atoms with Crippen molar-refractivity contribution in [1.82, 2.24) is 4.98 Å². The molecule has 2 nitrogen and oxygen atoms in total. The van der Waals surface area contributed by atoms with Crippen LogP contribution in [0.1, 0.15) is 12.8 Å². The van der Waals surface area contributed by atoms with Crippen LogP contribution in [0.2, 0.25) is 5.02 Å². The molecule has 0 atom stereocenters. The second kappa shape index (κ2) is 2.79. The standard InChI is InChI=1S/C9H8ClNO/c1-2-8-11-7-5-3-4-6(10)9(7)12-8/h3-5H,2H2,1H3. The zero-order valence-electron chi connectivity index (χ0n) is 6.67. The van der Waals surface area contributed by atoms with Crippen molar-refractivity contribution in [3.8, 4) is 0 Å². The Morgan fingerprint density at radius 3 is 3.00 bits per heavy atom. The Morgan fingerprint density at radius 2 is 2.33 bits per heavy atom. The highest BCUT2D eigenvalue weighted by Gasteiger charge is 2.05. The molecule has 1 aromatic carbocycles. The highest BCUT2D eigenvalue weighted by molar-refractivity contribution is 6.34. The monoisotopic (exact) mass is 181 g/mol. The highest BCUT2D eigenvalue weighted by atomic mass is 35.5. The molecule has 0 saturated carbocycles. The van der Waals surface area contributed by atoms with Gasteiger partial charge in [0, 0.05) is 6.42 Å². The normalized spacial score (nSPS) is 10.8. The summed E-state index contributed by atoms with van der Waals surface area (Å²) in [5, 5.41) is 0.625. The zero-order chi connectivity index (χ0) is 8.55. The number of hydrogen-bond donors (Lipinski definition) is 0. The predicted molar refractivity (Wildman–Crippen MR) is 48.4 cm³/mol. The lowest BCUT2D eigenvalue weighted by Crippen LogP contribution is -1.74. The summed E-state index contributed by atoms with van der Waals surface area (Å²) in [6.45, 7) is 2.00. The third kappa shape index (κ3) is 1.08. The number of halogens is 1. The van der Waals surface area contributed by atoms with Crippen LogP contribution in [0.5, 0.6) is 0 Å². The van der Waals surface area contributed by atoms with Gasteiger partial charge in [-0.2, -0.15) is 0 Å². The number of fused-ring (bicyclic) bond motifs is 1. The molecular weight excluding hydrogens is 174 g/mol. The van der Waals surface area contributed by atoms with E-state index < -0.39 is 0 Å². The lowest BCUT2D eigenvalue weighted by atomic mass is 10.3. The average molecular weight is 182 g/mol. The largest absolute Gasteiger partial charge is 0.439 e. The number of hydrogen-bond acceptors (Lipinski definition) is 2. The number of para-hydroxylation sites is 1. The Kier molecular flexibility index (Phi) is 1.77. The van der Waals surface area contributed by atoms with Gasteiger partial charge in [-0.05, 0) is 12.1 Å². The van der Waals surface area contributed by atoms with E-state index in [9.17, 15) is 0 Å². The minimum absolute atomic E-state index is 0.625. The van der Waals surface area contributed by atoms with Crippen molar-refractivity contribution in [3.63, 3.8) is 0 Å². The number of oxazole rings is 1. The van der Waals surface area contributed by atoms with Crippen LogP contribution < -0.4 is 0 Å². The Labute approximate surface area is 75.2 Å². The number of aromatic nitrogens is 1. The van der Waals surface area contributed by atoms with Crippen LogP contribution in [0.4, 0.5) is 0 Å². The van der Waals surface area contributed by atoms with Crippen LogP contribution in [-0.2, 0) is 6.42 Å². The number of nitrogens with zero attached hydrogens (tertiary/aromatic N) is 1. The van der Waals surface area contributed by atoms with Gasteiger partial charge in [-0.3, -0.25) is 0 Å². The summed E-state index contributed by atoms with van der Waals surface area (Å²) in [6.07, 6.45) is 0.797. The summed E-state index contributed by atoms with van der Waals surface area (Å²) < 4.78 is 5.40. The molecule has 0 unspecified atom stereocenters. The van der Waals surface area contributed by atoms with Gasteiger partial charge in [0.25, 0.3) is 0 Å². The third-order valence-corrected chi connectivity index (χ3v) is 2.01. The van der Waals surface area contributed by atoms with E-state index in [1.165, 1.54) is 0 Å². The van der Waals surface area contributed by atoms with E-state index in [0.717, 1.165) is 17.8 Å². The molecule has 0 aliphatic heterocycles. The Bertz CT molecular complexity index is 408. The molecule has 0 fully saturated rings. The number of rotatable bonds is 1. The fourth-order valence-corrected chi connectivity index (χ4v) is 1.32. The molecule has 0 spiro atoms. The molecule has 2 rings (SSSR count). The number of aryl methyl sites for hydroxylation is 1. The van der Waals surface area contributed by atoms with Crippen molar-refractivity contribution in [2.75, 3.05) is 0 Å². The third-order valence-electron chi connectivity index (χ3n) is 1.71. The van der Waals surface area contributed by atoms with Crippen molar-refractivity contribution in [3.05, 3.63) is 29.1 Å². The molecule has 0 bridgehead atoms. The Balaban J connectivity index is 2.74. The first kappa shape index (κ1) is 7.62. The first-order chi connectivity index (χ1) is 5.81. The van der Waals surface area contributed by atoms with Crippen LogP contribution in [0, 0.1) is 0 Å². The van der Waals surface area contributed by atoms with Gasteiger partial charge in [0.05, 0.1) is 5.02 Å². The summed E-state index contributed by atoms with van der Waals surface area (Å²) in [6, 6.07) is 5.56. The highest BCUT2D eigenvalue weighted by Crippen LogP contribution is 2.23. The maximum atomic E-state index is 5.89. The molecule has 2 aromatic rings. The average Bonchev–Trinajstić information content (AvgIpc) is 2.49. The van der Waals surface area contributed by atoms with Crippen LogP contribution in [-0.4, -0.2) is 4.98 Å². The molecule has 0 aliphatic carbocycles. The van der Waals surface area contributed by atoms with E-state index >= 15 is 0 Å². The van der Waals surface area contributed by atoms with E-state index in [0.29, 0.717) is 10.6 Å². The molecule has 3 heteroatoms. The van der Waals surface area contributed by atoms with E-state index in [1.807, 2.05) is 19.1 Å². The smallest absolute Gasteiger partial charge is 0.195 e. The summed E-state index contributed by atoms with van der Waals surface area (Å²) in [5.74, 6) is 0.734. The maximum absolute atomic E-state index is 5.89.